The van der Waals surface area contributed by atoms with Crippen molar-refractivity contribution in [3.63, 3.8) is 0 Å². The fourth-order valence-corrected chi connectivity index (χ4v) is 4.56. The Bertz CT molecular complexity index is 631. The number of nitrogens with one attached hydrogen (secondary N) is 1. The van der Waals surface area contributed by atoms with E-state index >= 15 is 0 Å². The van der Waals surface area contributed by atoms with Gasteiger partial charge in [0, 0.05) is 12.2 Å². The molecule has 0 radical (unpaired) electrons. The van der Waals surface area contributed by atoms with Crippen molar-refractivity contribution >= 4 is 27.2 Å². The van der Waals surface area contributed by atoms with Crippen molar-refractivity contribution < 1.29 is 8.42 Å². The number of thiocarbonyl (C=S) groups is 1. The van der Waals surface area contributed by atoms with Crippen LogP contribution in [0.5, 0.6) is 0 Å². The van der Waals surface area contributed by atoms with Gasteiger partial charge in [-0.15, -0.1) is 0 Å². The maximum absolute atomic E-state index is 12.6. The molecule has 0 bridgehead atoms. The zero-order valence-corrected chi connectivity index (χ0v) is 13.9. The van der Waals surface area contributed by atoms with Gasteiger partial charge in [0.25, 0.3) is 0 Å². The Labute approximate surface area is 131 Å². The summed E-state index contributed by atoms with van der Waals surface area (Å²) < 4.78 is 28.0. The van der Waals surface area contributed by atoms with E-state index in [1.165, 1.54) is 12.3 Å². The summed E-state index contributed by atoms with van der Waals surface area (Å²) in [5.41, 5.74) is 5.72. The molecule has 7 heteroatoms. The van der Waals surface area contributed by atoms with Crippen molar-refractivity contribution in [2.24, 2.45) is 17.6 Å². The molecule has 1 fully saturated rings. The van der Waals surface area contributed by atoms with Gasteiger partial charge in [-0.2, -0.15) is 0 Å². The van der Waals surface area contributed by atoms with Gasteiger partial charge in [0.05, 0.1) is 0 Å². The number of hydrogen-bond acceptors (Lipinski definition) is 4. The third-order valence-electron chi connectivity index (χ3n) is 4.31. The van der Waals surface area contributed by atoms with Gasteiger partial charge < -0.3 is 5.73 Å². The molecular formula is C14H21N3O2S2. The topological polar surface area (TPSA) is 85.1 Å². The normalized spacial score (nSPS) is 26.5. The number of pyridine rings is 1. The molecule has 1 aromatic heterocycles. The van der Waals surface area contributed by atoms with Gasteiger partial charge >= 0.3 is 0 Å². The van der Waals surface area contributed by atoms with Crippen LogP contribution in [-0.2, 0) is 10.0 Å². The van der Waals surface area contributed by atoms with E-state index in [1.807, 2.05) is 0 Å². The Hall–Kier alpha value is -1.05. The number of rotatable bonds is 4. The molecule has 1 saturated carbocycles. The van der Waals surface area contributed by atoms with Crippen molar-refractivity contribution in [3.8, 4) is 0 Å². The first-order valence-corrected chi connectivity index (χ1v) is 8.99. The smallest absolute Gasteiger partial charge is 0.243 e. The van der Waals surface area contributed by atoms with Crippen LogP contribution < -0.4 is 10.5 Å². The Morgan fingerprint density at radius 1 is 1.43 bits per heavy atom. The fraction of sp³-hybridized carbons (Fsp3) is 0.571. The van der Waals surface area contributed by atoms with Crippen LogP contribution in [0.25, 0.3) is 0 Å². The van der Waals surface area contributed by atoms with Gasteiger partial charge in [-0.05, 0) is 30.4 Å². The summed E-state index contributed by atoms with van der Waals surface area (Å²) in [6.07, 6.45) is 4.52. The molecule has 1 aliphatic carbocycles. The highest BCUT2D eigenvalue weighted by Crippen LogP contribution is 2.30. The molecule has 5 nitrogen and oxygen atoms in total. The molecule has 0 amide bonds. The lowest BCUT2D eigenvalue weighted by Gasteiger charge is -2.34. The number of nitrogens with zero attached hydrogens (tertiary/aromatic N) is 1. The predicted octanol–water partition coefficient (Wildman–Crippen LogP) is 1.82. The number of aromatic nitrogens is 1. The lowest BCUT2D eigenvalue weighted by molar-refractivity contribution is 0.227. The van der Waals surface area contributed by atoms with Crippen LogP contribution in [-0.4, -0.2) is 24.4 Å². The van der Waals surface area contributed by atoms with Crippen molar-refractivity contribution in [2.45, 2.75) is 44.0 Å². The van der Waals surface area contributed by atoms with Crippen molar-refractivity contribution in [3.05, 3.63) is 24.0 Å². The van der Waals surface area contributed by atoms with E-state index in [1.54, 1.807) is 6.07 Å². The van der Waals surface area contributed by atoms with E-state index in [4.69, 9.17) is 18.0 Å². The molecule has 21 heavy (non-hydrogen) atoms. The summed E-state index contributed by atoms with van der Waals surface area (Å²) in [5.74, 6) is 0.814. The zero-order chi connectivity index (χ0) is 15.6. The Morgan fingerprint density at radius 3 is 2.81 bits per heavy atom. The highest BCUT2D eigenvalue weighted by atomic mass is 32.2. The van der Waals surface area contributed by atoms with Crippen LogP contribution in [0.2, 0.25) is 0 Å². The van der Waals surface area contributed by atoms with Gasteiger partial charge in [0.15, 0.2) is 0 Å². The molecule has 0 spiro atoms. The second-order valence-corrected chi connectivity index (χ2v) is 7.83. The Morgan fingerprint density at radius 2 is 2.14 bits per heavy atom. The monoisotopic (exact) mass is 327 g/mol. The second kappa shape index (κ2) is 6.37. The highest BCUT2D eigenvalue weighted by Gasteiger charge is 2.31. The minimum Gasteiger partial charge on any atom is -0.388 e. The number of nitrogens with two attached hydrogens (primary N) is 1. The first kappa shape index (κ1) is 16.3. The van der Waals surface area contributed by atoms with Crippen molar-refractivity contribution in [1.29, 1.82) is 0 Å². The molecule has 1 aliphatic rings. The minimum absolute atomic E-state index is 0.0129. The summed E-state index contributed by atoms with van der Waals surface area (Å²) in [7, 11) is -3.67. The molecule has 0 saturated heterocycles. The first-order valence-electron chi connectivity index (χ1n) is 7.10. The minimum atomic E-state index is -3.67. The van der Waals surface area contributed by atoms with Gasteiger partial charge in [0.2, 0.25) is 10.0 Å². The predicted molar refractivity (Wildman–Crippen MR) is 86.4 cm³/mol. The molecule has 1 heterocycles. The molecule has 1 aromatic rings. The van der Waals surface area contributed by atoms with E-state index in [9.17, 15) is 8.42 Å². The molecule has 3 unspecified atom stereocenters. The third-order valence-corrected chi connectivity index (χ3v) is 6.02. The Balaban J connectivity index is 2.29. The van der Waals surface area contributed by atoms with Crippen LogP contribution in [0.1, 0.15) is 38.8 Å². The standard InChI is InChI=1S/C14H21N3O2S2/c1-9-5-3-6-11(10(9)2)17-21(18,19)12-7-4-8-16-13(12)14(15)20/h4,7-11,17H,3,5-6H2,1-2H3,(H2,15,20). The summed E-state index contributed by atoms with van der Waals surface area (Å²) in [6.45, 7) is 4.25. The summed E-state index contributed by atoms with van der Waals surface area (Å²) in [6, 6.07) is 3.00. The van der Waals surface area contributed by atoms with E-state index in [0.717, 1.165) is 19.3 Å². The van der Waals surface area contributed by atoms with Crippen LogP contribution in [0.4, 0.5) is 0 Å². The average molecular weight is 327 g/mol. The van der Waals surface area contributed by atoms with Crippen LogP contribution in [0.3, 0.4) is 0 Å². The second-order valence-electron chi connectivity index (χ2n) is 5.71. The van der Waals surface area contributed by atoms with Crippen molar-refractivity contribution in [1.82, 2.24) is 9.71 Å². The van der Waals surface area contributed by atoms with Crippen LogP contribution >= 0.6 is 12.2 Å². The fourth-order valence-electron chi connectivity index (χ4n) is 2.80. The van der Waals surface area contributed by atoms with Gasteiger partial charge in [0.1, 0.15) is 15.6 Å². The van der Waals surface area contributed by atoms with Gasteiger partial charge in [-0.25, -0.2) is 13.1 Å². The number of sulfonamides is 1. The van der Waals surface area contributed by atoms with E-state index < -0.39 is 10.0 Å². The molecular weight excluding hydrogens is 306 g/mol. The maximum atomic E-state index is 12.6. The van der Waals surface area contributed by atoms with Crippen LogP contribution in [0, 0.1) is 11.8 Å². The van der Waals surface area contributed by atoms with E-state index in [0.29, 0.717) is 11.8 Å². The summed E-state index contributed by atoms with van der Waals surface area (Å²) in [5, 5.41) is 0. The molecule has 0 aliphatic heterocycles. The zero-order valence-electron chi connectivity index (χ0n) is 12.2. The van der Waals surface area contributed by atoms with Gasteiger partial charge in [-0.1, -0.05) is 38.9 Å². The lowest BCUT2D eigenvalue weighted by atomic mass is 9.78. The SMILES string of the molecule is CC1CCCC(NS(=O)(=O)c2cccnc2C(N)=S)C1C. The summed E-state index contributed by atoms with van der Waals surface area (Å²) in [4.78, 5) is 4.03. The van der Waals surface area contributed by atoms with Crippen LogP contribution in [0.15, 0.2) is 23.2 Å². The first-order chi connectivity index (χ1) is 9.83. The lowest BCUT2D eigenvalue weighted by Crippen LogP contribution is -2.44. The van der Waals surface area contributed by atoms with Crippen molar-refractivity contribution in [2.75, 3.05) is 0 Å². The third kappa shape index (κ3) is 3.59. The molecule has 0 aromatic carbocycles. The highest BCUT2D eigenvalue weighted by molar-refractivity contribution is 7.89. The summed E-state index contributed by atoms with van der Waals surface area (Å²) >= 11 is 4.89. The quantitative estimate of drug-likeness (QED) is 0.824. The molecule has 116 valence electrons. The largest absolute Gasteiger partial charge is 0.388 e. The number of hydrogen-bond donors (Lipinski definition) is 2. The van der Waals surface area contributed by atoms with E-state index in [2.05, 4.69) is 23.6 Å². The molecule has 3 atom stereocenters. The molecule has 3 N–H and O–H groups in total. The van der Waals surface area contributed by atoms with Gasteiger partial charge in [-0.3, -0.25) is 4.98 Å². The van der Waals surface area contributed by atoms with E-state index in [-0.39, 0.29) is 21.6 Å². The Kier molecular flexibility index (Phi) is 4.95. The average Bonchev–Trinajstić information content (AvgIpc) is 2.44. The maximum Gasteiger partial charge on any atom is 0.243 e. The molecule has 2 rings (SSSR count).